The highest BCUT2D eigenvalue weighted by Crippen LogP contribution is 2.23. The Hall–Kier alpha value is -2.44. The third-order valence-corrected chi connectivity index (χ3v) is 3.66. The molecule has 2 N–H and O–H groups in total. The molecule has 120 valence electrons. The summed E-state index contributed by atoms with van der Waals surface area (Å²) in [5.74, 6) is -0.363. The maximum atomic E-state index is 12.0. The van der Waals surface area contributed by atoms with Gasteiger partial charge in [0, 0.05) is 17.1 Å². The van der Waals surface area contributed by atoms with Crippen molar-refractivity contribution in [1.29, 1.82) is 0 Å². The highest BCUT2D eigenvalue weighted by atomic mass is 35.5. The second-order valence-corrected chi connectivity index (χ2v) is 5.35. The number of benzene rings is 2. The molecule has 0 saturated carbocycles. The van der Waals surface area contributed by atoms with E-state index < -0.39 is 4.92 Å². The van der Waals surface area contributed by atoms with Crippen LogP contribution < -0.4 is 10.6 Å². The summed E-state index contributed by atoms with van der Waals surface area (Å²) in [6, 6.07) is 13.2. The molecule has 7 heteroatoms. The zero-order valence-electron chi connectivity index (χ0n) is 12.5. The zero-order chi connectivity index (χ0) is 16.8. The standard InChI is InChI=1S/C16H16ClN3O3/c1-11(12-6-2-3-7-13(12)17)18-10-16(21)19-14-8-4-5-9-15(14)20(22)23/h2-9,11,18H,10H2,1H3,(H,19,21). The summed E-state index contributed by atoms with van der Waals surface area (Å²) in [5.41, 5.74) is 0.919. The minimum atomic E-state index is -0.532. The number of para-hydroxylation sites is 2. The fraction of sp³-hybridized carbons (Fsp3) is 0.188. The Morgan fingerprint density at radius 2 is 1.87 bits per heavy atom. The van der Waals surface area contributed by atoms with Crippen molar-refractivity contribution in [3.05, 3.63) is 69.2 Å². The number of halogens is 1. The Balaban J connectivity index is 1.96. The van der Waals surface area contributed by atoms with E-state index >= 15 is 0 Å². The van der Waals surface area contributed by atoms with E-state index in [4.69, 9.17) is 11.6 Å². The van der Waals surface area contributed by atoms with Crippen LogP contribution in [0.3, 0.4) is 0 Å². The van der Waals surface area contributed by atoms with Gasteiger partial charge in [0.25, 0.3) is 5.69 Å². The highest BCUT2D eigenvalue weighted by molar-refractivity contribution is 6.31. The van der Waals surface area contributed by atoms with Crippen LogP contribution in [0.15, 0.2) is 48.5 Å². The summed E-state index contributed by atoms with van der Waals surface area (Å²) in [7, 11) is 0. The Labute approximate surface area is 138 Å². The molecule has 6 nitrogen and oxygen atoms in total. The minimum absolute atomic E-state index is 0.0123. The van der Waals surface area contributed by atoms with E-state index in [2.05, 4.69) is 10.6 Å². The van der Waals surface area contributed by atoms with Crippen LogP contribution in [0.2, 0.25) is 5.02 Å². The molecule has 0 aliphatic heterocycles. The van der Waals surface area contributed by atoms with E-state index in [1.165, 1.54) is 12.1 Å². The van der Waals surface area contributed by atoms with Gasteiger partial charge in [-0.15, -0.1) is 0 Å². The van der Waals surface area contributed by atoms with Crippen LogP contribution in [0.25, 0.3) is 0 Å². The second kappa shape index (κ2) is 7.71. The van der Waals surface area contributed by atoms with E-state index in [9.17, 15) is 14.9 Å². The maximum Gasteiger partial charge on any atom is 0.292 e. The number of rotatable bonds is 6. The maximum absolute atomic E-state index is 12.0. The largest absolute Gasteiger partial charge is 0.319 e. The summed E-state index contributed by atoms with van der Waals surface area (Å²) in [6.07, 6.45) is 0. The predicted molar refractivity (Wildman–Crippen MR) is 89.6 cm³/mol. The van der Waals surface area contributed by atoms with Gasteiger partial charge in [0.2, 0.25) is 5.91 Å². The molecule has 0 aliphatic carbocycles. The number of anilines is 1. The number of amides is 1. The van der Waals surface area contributed by atoms with Crippen molar-refractivity contribution in [2.24, 2.45) is 0 Å². The van der Waals surface area contributed by atoms with E-state index in [0.29, 0.717) is 5.02 Å². The molecule has 2 aromatic carbocycles. The average molecular weight is 334 g/mol. The van der Waals surface area contributed by atoms with Crippen LogP contribution in [0.5, 0.6) is 0 Å². The zero-order valence-corrected chi connectivity index (χ0v) is 13.2. The van der Waals surface area contributed by atoms with E-state index in [-0.39, 0.29) is 29.9 Å². The third kappa shape index (κ3) is 4.51. The smallest absolute Gasteiger partial charge is 0.292 e. The molecule has 1 unspecified atom stereocenters. The van der Waals surface area contributed by atoms with Crippen molar-refractivity contribution < 1.29 is 9.72 Å². The second-order valence-electron chi connectivity index (χ2n) is 4.95. The molecule has 1 amide bonds. The monoisotopic (exact) mass is 333 g/mol. The van der Waals surface area contributed by atoms with Crippen LogP contribution in [0.1, 0.15) is 18.5 Å². The highest BCUT2D eigenvalue weighted by Gasteiger charge is 2.15. The van der Waals surface area contributed by atoms with E-state index in [0.717, 1.165) is 5.56 Å². The van der Waals surface area contributed by atoms with Gasteiger partial charge in [-0.25, -0.2) is 0 Å². The summed E-state index contributed by atoms with van der Waals surface area (Å²) in [6.45, 7) is 1.90. The molecule has 1 atom stereocenters. The molecule has 0 aromatic heterocycles. The number of carbonyl (C=O) groups excluding carboxylic acids is 1. The van der Waals surface area contributed by atoms with Gasteiger partial charge < -0.3 is 10.6 Å². The summed E-state index contributed by atoms with van der Waals surface area (Å²) < 4.78 is 0. The van der Waals surface area contributed by atoms with Gasteiger partial charge in [0.1, 0.15) is 5.69 Å². The molecule has 2 rings (SSSR count). The molecule has 0 spiro atoms. The van der Waals surface area contributed by atoms with Gasteiger partial charge in [-0.2, -0.15) is 0 Å². The Bertz CT molecular complexity index is 721. The van der Waals surface area contributed by atoms with Crippen LogP contribution >= 0.6 is 11.6 Å². The number of hydrogen-bond donors (Lipinski definition) is 2. The predicted octanol–water partition coefficient (Wildman–Crippen LogP) is 3.54. The summed E-state index contributed by atoms with van der Waals surface area (Å²) in [5, 5.41) is 17.1. The Morgan fingerprint density at radius 1 is 1.22 bits per heavy atom. The van der Waals surface area contributed by atoms with Crippen molar-refractivity contribution in [3.8, 4) is 0 Å². The lowest BCUT2D eigenvalue weighted by molar-refractivity contribution is -0.383. The number of nitrogens with one attached hydrogen (secondary N) is 2. The SMILES string of the molecule is CC(NCC(=O)Nc1ccccc1[N+](=O)[O-])c1ccccc1Cl. The lowest BCUT2D eigenvalue weighted by Crippen LogP contribution is -2.30. The normalized spacial score (nSPS) is 11.7. The van der Waals surface area contributed by atoms with Gasteiger partial charge in [-0.3, -0.25) is 14.9 Å². The molecule has 0 aliphatic rings. The Morgan fingerprint density at radius 3 is 2.57 bits per heavy atom. The van der Waals surface area contributed by atoms with Crippen LogP contribution in [0, 0.1) is 10.1 Å². The first-order valence-corrected chi connectivity index (χ1v) is 7.38. The number of hydrogen-bond acceptors (Lipinski definition) is 4. The molecule has 0 bridgehead atoms. The van der Waals surface area contributed by atoms with Crippen molar-refractivity contribution >= 4 is 28.9 Å². The lowest BCUT2D eigenvalue weighted by atomic mass is 10.1. The molecule has 0 heterocycles. The lowest BCUT2D eigenvalue weighted by Gasteiger charge is -2.15. The number of nitro groups is 1. The first-order chi connectivity index (χ1) is 11.0. The summed E-state index contributed by atoms with van der Waals surface area (Å²) >= 11 is 6.10. The van der Waals surface area contributed by atoms with E-state index in [1.807, 2.05) is 25.1 Å². The van der Waals surface area contributed by atoms with Crippen molar-refractivity contribution in [2.75, 3.05) is 11.9 Å². The molecular formula is C16H16ClN3O3. The minimum Gasteiger partial charge on any atom is -0.319 e. The first-order valence-electron chi connectivity index (χ1n) is 7.00. The molecule has 0 radical (unpaired) electrons. The van der Waals surface area contributed by atoms with E-state index in [1.54, 1.807) is 18.2 Å². The van der Waals surface area contributed by atoms with Gasteiger partial charge in [-0.1, -0.05) is 41.9 Å². The number of carbonyl (C=O) groups is 1. The van der Waals surface area contributed by atoms with Gasteiger partial charge in [0.15, 0.2) is 0 Å². The van der Waals surface area contributed by atoms with Gasteiger partial charge in [-0.05, 0) is 24.6 Å². The molecule has 2 aromatic rings. The fourth-order valence-corrected chi connectivity index (χ4v) is 2.41. The third-order valence-electron chi connectivity index (χ3n) is 3.32. The van der Waals surface area contributed by atoms with Crippen LogP contribution in [-0.4, -0.2) is 17.4 Å². The Kier molecular flexibility index (Phi) is 5.67. The van der Waals surface area contributed by atoms with Gasteiger partial charge >= 0.3 is 0 Å². The van der Waals surface area contributed by atoms with Crippen LogP contribution in [0.4, 0.5) is 11.4 Å². The van der Waals surface area contributed by atoms with Crippen LogP contribution in [-0.2, 0) is 4.79 Å². The van der Waals surface area contributed by atoms with Crippen molar-refractivity contribution in [2.45, 2.75) is 13.0 Å². The first kappa shape index (κ1) is 16.9. The molecule has 0 fully saturated rings. The molecular weight excluding hydrogens is 318 g/mol. The summed E-state index contributed by atoms with van der Waals surface area (Å²) in [4.78, 5) is 22.4. The fourth-order valence-electron chi connectivity index (χ4n) is 2.11. The topological polar surface area (TPSA) is 84.3 Å². The molecule has 23 heavy (non-hydrogen) atoms. The molecule has 0 saturated heterocycles. The average Bonchev–Trinajstić information content (AvgIpc) is 2.53. The quantitative estimate of drug-likeness (QED) is 0.625. The number of nitrogens with zero attached hydrogens (tertiary/aromatic N) is 1. The van der Waals surface area contributed by atoms with Gasteiger partial charge in [0.05, 0.1) is 11.5 Å². The number of nitro benzene ring substituents is 1. The van der Waals surface area contributed by atoms with Crippen molar-refractivity contribution in [3.63, 3.8) is 0 Å². The van der Waals surface area contributed by atoms with Crippen molar-refractivity contribution in [1.82, 2.24) is 5.32 Å².